The van der Waals surface area contributed by atoms with Crippen LogP contribution in [0.1, 0.15) is 11.1 Å². The van der Waals surface area contributed by atoms with E-state index in [9.17, 15) is 0 Å². The molecule has 0 atom stereocenters. The van der Waals surface area contributed by atoms with Gasteiger partial charge in [0.15, 0.2) is 5.96 Å². The number of guanidine groups is 1. The van der Waals surface area contributed by atoms with E-state index in [1.54, 1.807) is 11.8 Å². The molecule has 1 aromatic carbocycles. The number of anilines is 1. The second kappa shape index (κ2) is 10.3. The zero-order valence-corrected chi connectivity index (χ0v) is 17.7. The van der Waals surface area contributed by atoms with Crippen LogP contribution in [0.15, 0.2) is 52.5 Å². The molecule has 0 bridgehead atoms. The van der Waals surface area contributed by atoms with Crippen LogP contribution < -0.4 is 10.2 Å². The number of benzene rings is 1. The number of morpholine rings is 1. The Morgan fingerprint density at radius 3 is 2.68 bits per heavy atom. The van der Waals surface area contributed by atoms with Crippen molar-refractivity contribution in [1.82, 2.24) is 15.2 Å². The van der Waals surface area contributed by atoms with E-state index < -0.39 is 0 Å². The normalized spacial score (nSPS) is 14.8. The summed E-state index contributed by atoms with van der Waals surface area (Å²) in [4.78, 5) is 14.8. The highest BCUT2D eigenvalue weighted by molar-refractivity contribution is 7.98. The summed E-state index contributed by atoms with van der Waals surface area (Å²) in [5.41, 5.74) is 2.43. The van der Waals surface area contributed by atoms with Gasteiger partial charge in [0.05, 0.1) is 13.2 Å². The molecule has 1 N–H and O–H groups in total. The minimum absolute atomic E-state index is 0.683. The number of ether oxygens (including phenoxy) is 1. The molecule has 3 rings (SSSR count). The van der Waals surface area contributed by atoms with Crippen LogP contribution in [0, 0.1) is 0 Å². The van der Waals surface area contributed by atoms with Crippen LogP contribution in [0.25, 0.3) is 0 Å². The van der Waals surface area contributed by atoms with Crippen molar-refractivity contribution in [2.75, 3.05) is 51.6 Å². The van der Waals surface area contributed by atoms with Crippen molar-refractivity contribution >= 4 is 23.5 Å². The topological polar surface area (TPSA) is 53.0 Å². The Hall–Kier alpha value is -2.25. The molecule has 2 aromatic rings. The fourth-order valence-electron chi connectivity index (χ4n) is 3.27. The molecule has 2 heterocycles. The summed E-state index contributed by atoms with van der Waals surface area (Å²) in [7, 11) is 3.88. The number of pyridine rings is 1. The largest absolute Gasteiger partial charge is 0.378 e. The standard InChI is InChI=1S/C21H29N5OS/c1-22-21(25(2)16-17-6-8-19(28-3)9-7-17)24-15-18-5-4-10-23-20(18)26-11-13-27-14-12-26/h4-10H,11-16H2,1-3H3,(H,22,24). The number of hydrogen-bond donors (Lipinski definition) is 1. The van der Waals surface area contributed by atoms with E-state index in [0.29, 0.717) is 6.54 Å². The first kappa shape index (κ1) is 20.5. The molecule has 0 saturated carbocycles. The van der Waals surface area contributed by atoms with E-state index in [1.807, 2.05) is 19.3 Å². The Balaban J connectivity index is 1.62. The molecule has 0 spiro atoms. The molecule has 0 radical (unpaired) electrons. The van der Waals surface area contributed by atoms with Crippen molar-refractivity contribution in [1.29, 1.82) is 0 Å². The summed E-state index contributed by atoms with van der Waals surface area (Å²) < 4.78 is 5.47. The third-order valence-electron chi connectivity index (χ3n) is 4.77. The summed E-state index contributed by atoms with van der Waals surface area (Å²) in [5.74, 6) is 1.90. The van der Waals surface area contributed by atoms with E-state index in [-0.39, 0.29) is 0 Å². The van der Waals surface area contributed by atoms with E-state index in [4.69, 9.17) is 4.74 Å². The number of nitrogens with one attached hydrogen (secondary N) is 1. The van der Waals surface area contributed by atoms with Crippen molar-refractivity contribution < 1.29 is 4.74 Å². The van der Waals surface area contributed by atoms with Crippen LogP contribution in [0.3, 0.4) is 0 Å². The Bertz CT molecular complexity index is 775. The highest BCUT2D eigenvalue weighted by Crippen LogP contribution is 2.19. The summed E-state index contributed by atoms with van der Waals surface area (Å²) in [5, 5.41) is 3.48. The highest BCUT2D eigenvalue weighted by atomic mass is 32.2. The van der Waals surface area contributed by atoms with Crippen molar-refractivity contribution in [2.45, 2.75) is 18.0 Å². The number of nitrogens with zero attached hydrogens (tertiary/aromatic N) is 4. The molecule has 1 aliphatic rings. The third kappa shape index (κ3) is 5.39. The SMILES string of the molecule is CN=C(NCc1cccnc1N1CCOCC1)N(C)Cc1ccc(SC)cc1. The molecule has 150 valence electrons. The maximum atomic E-state index is 5.47. The zero-order valence-electron chi connectivity index (χ0n) is 16.9. The second-order valence-corrected chi connectivity index (χ2v) is 7.57. The van der Waals surface area contributed by atoms with Crippen molar-refractivity contribution in [2.24, 2.45) is 4.99 Å². The van der Waals surface area contributed by atoms with Crippen molar-refractivity contribution in [3.63, 3.8) is 0 Å². The molecule has 0 amide bonds. The van der Waals surface area contributed by atoms with Gasteiger partial charge in [0, 0.05) is 56.9 Å². The van der Waals surface area contributed by atoms with Gasteiger partial charge in [0.25, 0.3) is 0 Å². The number of rotatable bonds is 6. The monoisotopic (exact) mass is 399 g/mol. The maximum Gasteiger partial charge on any atom is 0.193 e. The summed E-state index contributed by atoms with van der Waals surface area (Å²) in [6, 6.07) is 12.8. The van der Waals surface area contributed by atoms with Gasteiger partial charge >= 0.3 is 0 Å². The van der Waals surface area contributed by atoms with E-state index in [2.05, 4.69) is 68.7 Å². The number of aromatic nitrogens is 1. The highest BCUT2D eigenvalue weighted by Gasteiger charge is 2.16. The van der Waals surface area contributed by atoms with Gasteiger partial charge in [0.1, 0.15) is 5.82 Å². The minimum Gasteiger partial charge on any atom is -0.378 e. The van der Waals surface area contributed by atoms with E-state index in [0.717, 1.165) is 44.6 Å². The molecule has 0 aliphatic carbocycles. The summed E-state index contributed by atoms with van der Waals surface area (Å²) in [6.07, 6.45) is 3.95. The number of thioether (sulfide) groups is 1. The lowest BCUT2D eigenvalue weighted by atomic mass is 10.2. The number of aliphatic imine (C=N–C) groups is 1. The smallest absolute Gasteiger partial charge is 0.193 e. The lowest BCUT2D eigenvalue weighted by Gasteiger charge is -2.30. The fraction of sp³-hybridized carbons (Fsp3) is 0.429. The Morgan fingerprint density at radius 1 is 1.25 bits per heavy atom. The van der Waals surface area contributed by atoms with Crippen LogP contribution >= 0.6 is 11.8 Å². The lowest BCUT2D eigenvalue weighted by Crippen LogP contribution is -2.40. The van der Waals surface area contributed by atoms with Gasteiger partial charge in [-0.2, -0.15) is 0 Å². The molecule has 7 heteroatoms. The van der Waals surface area contributed by atoms with E-state index in [1.165, 1.54) is 16.0 Å². The van der Waals surface area contributed by atoms with Crippen LogP contribution in [0.5, 0.6) is 0 Å². The molecule has 6 nitrogen and oxygen atoms in total. The van der Waals surface area contributed by atoms with Gasteiger partial charge in [0.2, 0.25) is 0 Å². The molecule has 1 aromatic heterocycles. The molecule has 1 saturated heterocycles. The second-order valence-electron chi connectivity index (χ2n) is 6.69. The Morgan fingerprint density at radius 2 is 2.00 bits per heavy atom. The first-order valence-electron chi connectivity index (χ1n) is 9.52. The minimum atomic E-state index is 0.683. The van der Waals surface area contributed by atoms with Crippen molar-refractivity contribution in [3.8, 4) is 0 Å². The van der Waals surface area contributed by atoms with Crippen LogP contribution in [0.2, 0.25) is 0 Å². The van der Waals surface area contributed by atoms with Gasteiger partial charge in [-0.25, -0.2) is 4.98 Å². The molecular weight excluding hydrogens is 370 g/mol. The van der Waals surface area contributed by atoms with Crippen LogP contribution in [0.4, 0.5) is 5.82 Å². The summed E-state index contributed by atoms with van der Waals surface area (Å²) in [6.45, 7) is 4.75. The average Bonchev–Trinajstić information content (AvgIpc) is 2.75. The van der Waals surface area contributed by atoms with Gasteiger partial charge in [-0.15, -0.1) is 11.8 Å². The van der Waals surface area contributed by atoms with Gasteiger partial charge in [-0.3, -0.25) is 4.99 Å². The van der Waals surface area contributed by atoms with E-state index >= 15 is 0 Å². The van der Waals surface area contributed by atoms with Crippen LogP contribution in [-0.2, 0) is 17.8 Å². The molecule has 28 heavy (non-hydrogen) atoms. The quantitative estimate of drug-likeness (QED) is 0.458. The van der Waals surface area contributed by atoms with Crippen LogP contribution in [-0.4, -0.2) is 62.5 Å². The fourth-order valence-corrected chi connectivity index (χ4v) is 3.68. The average molecular weight is 400 g/mol. The first-order chi connectivity index (χ1) is 13.7. The Labute approximate surface area is 172 Å². The third-order valence-corrected chi connectivity index (χ3v) is 5.51. The number of hydrogen-bond acceptors (Lipinski definition) is 5. The molecule has 0 unspecified atom stereocenters. The zero-order chi connectivity index (χ0) is 19.8. The summed E-state index contributed by atoms with van der Waals surface area (Å²) >= 11 is 1.76. The lowest BCUT2D eigenvalue weighted by molar-refractivity contribution is 0.122. The molecule has 1 aliphatic heterocycles. The maximum absolute atomic E-state index is 5.47. The predicted molar refractivity (Wildman–Crippen MR) is 117 cm³/mol. The van der Waals surface area contributed by atoms with Gasteiger partial charge in [-0.1, -0.05) is 18.2 Å². The van der Waals surface area contributed by atoms with Gasteiger partial charge < -0.3 is 19.9 Å². The predicted octanol–water partition coefficient (Wildman–Crippen LogP) is 2.85. The van der Waals surface area contributed by atoms with Crippen molar-refractivity contribution in [3.05, 3.63) is 53.7 Å². The first-order valence-corrected chi connectivity index (χ1v) is 10.7. The van der Waals surface area contributed by atoms with Gasteiger partial charge in [-0.05, 0) is 30.0 Å². The Kier molecular flexibility index (Phi) is 7.56. The molecule has 1 fully saturated rings. The molecular formula is C21H29N5OS.